The quantitative estimate of drug-likeness (QED) is 0.840. The van der Waals surface area contributed by atoms with Gasteiger partial charge >= 0.3 is 0 Å². The van der Waals surface area contributed by atoms with Gasteiger partial charge in [-0.2, -0.15) is 0 Å². The third kappa shape index (κ3) is 2.94. The Morgan fingerprint density at radius 3 is 2.43 bits per heavy atom. The molecule has 0 aromatic heterocycles. The number of hydrogen-bond acceptors (Lipinski definition) is 4. The first-order valence-corrected chi connectivity index (χ1v) is 6.82. The van der Waals surface area contributed by atoms with E-state index in [2.05, 4.69) is 6.58 Å². The fraction of sp³-hybridized carbons (Fsp3) is 0.438. The highest BCUT2D eigenvalue weighted by molar-refractivity contribution is 6.00. The molecule has 1 aliphatic rings. The van der Waals surface area contributed by atoms with E-state index in [1.54, 1.807) is 36.3 Å². The Hall–Kier alpha value is -1.85. The molecule has 21 heavy (non-hydrogen) atoms. The van der Waals surface area contributed by atoms with Gasteiger partial charge in [0.15, 0.2) is 6.10 Å². The first kappa shape index (κ1) is 15.5. The first-order chi connectivity index (χ1) is 9.99. The zero-order valence-electron chi connectivity index (χ0n) is 12.6. The van der Waals surface area contributed by atoms with E-state index < -0.39 is 12.2 Å². The number of amides is 1. The molecular formula is C16H21NO4. The minimum absolute atomic E-state index is 0.235. The topological polar surface area (TPSA) is 59.0 Å². The largest absolute Gasteiger partial charge is 0.497 e. The molecule has 114 valence electrons. The van der Waals surface area contributed by atoms with Crippen LogP contribution in [0.4, 0.5) is 5.69 Å². The third-order valence-electron chi connectivity index (χ3n) is 3.68. The van der Waals surface area contributed by atoms with E-state index >= 15 is 0 Å². The van der Waals surface area contributed by atoms with Gasteiger partial charge in [-0.05, 0) is 37.6 Å². The maximum absolute atomic E-state index is 12.5. The minimum Gasteiger partial charge on any atom is -0.497 e. The Kier molecular flexibility index (Phi) is 4.65. The van der Waals surface area contributed by atoms with Crippen LogP contribution >= 0.6 is 0 Å². The normalized spacial score (nSPS) is 25.2. The molecule has 1 aromatic carbocycles. The average Bonchev–Trinajstić information content (AvgIpc) is 2.69. The van der Waals surface area contributed by atoms with Gasteiger partial charge in [0.25, 0.3) is 5.91 Å². The molecule has 0 aliphatic carbocycles. The van der Waals surface area contributed by atoms with E-state index in [9.17, 15) is 9.90 Å². The van der Waals surface area contributed by atoms with E-state index in [-0.39, 0.29) is 11.9 Å². The van der Waals surface area contributed by atoms with Gasteiger partial charge in [-0.1, -0.05) is 5.57 Å². The van der Waals surface area contributed by atoms with Crippen molar-refractivity contribution in [2.75, 3.05) is 19.1 Å². The van der Waals surface area contributed by atoms with E-state index in [0.29, 0.717) is 17.9 Å². The van der Waals surface area contributed by atoms with E-state index in [0.717, 1.165) is 5.57 Å². The number of hydrogen-bond donors (Lipinski definition) is 1. The fourth-order valence-corrected chi connectivity index (χ4v) is 2.67. The van der Waals surface area contributed by atoms with Gasteiger partial charge in [-0.3, -0.25) is 4.79 Å². The van der Waals surface area contributed by atoms with E-state index in [4.69, 9.17) is 9.47 Å². The molecule has 1 amide bonds. The van der Waals surface area contributed by atoms with Crippen molar-refractivity contribution in [2.24, 2.45) is 0 Å². The van der Waals surface area contributed by atoms with Gasteiger partial charge in [-0.15, -0.1) is 6.58 Å². The monoisotopic (exact) mass is 291 g/mol. The summed E-state index contributed by atoms with van der Waals surface area (Å²) in [5.41, 5.74) is 1.62. The van der Waals surface area contributed by atoms with Gasteiger partial charge in [0.05, 0.1) is 13.2 Å². The molecule has 5 heteroatoms. The lowest BCUT2D eigenvalue weighted by molar-refractivity contribution is -0.128. The van der Waals surface area contributed by atoms with Crippen LogP contribution in [-0.2, 0) is 9.53 Å². The molecule has 1 saturated heterocycles. The fourth-order valence-electron chi connectivity index (χ4n) is 2.67. The molecule has 0 unspecified atom stereocenters. The summed E-state index contributed by atoms with van der Waals surface area (Å²) in [4.78, 5) is 14.1. The minimum atomic E-state index is -0.874. The van der Waals surface area contributed by atoms with Crippen molar-refractivity contribution in [3.05, 3.63) is 36.4 Å². The smallest absolute Gasteiger partial charge is 0.259 e. The predicted octanol–water partition coefficient (Wildman–Crippen LogP) is 1.75. The van der Waals surface area contributed by atoms with Gasteiger partial charge in [0.1, 0.15) is 11.9 Å². The Labute approximate surface area is 124 Å². The highest BCUT2D eigenvalue weighted by Gasteiger charge is 2.48. The molecule has 0 bridgehead atoms. The van der Waals surface area contributed by atoms with Crippen molar-refractivity contribution in [1.29, 1.82) is 0 Å². The second kappa shape index (κ2) is 6.28. The number of carbonyl (C=O) groups is 1. The number of benzene rings is 1. The molecule has 1 heterocycles. The standard InChI is InChI=1S/C16H21NO4/c1-10(2)9-13-14(18)15(21-4)16(19)17(13)11-5-7-12(20-3)8-6-11/h5-8,13-15,18H,1,9H2,2-4H3/t13-,14+,15-/m1/s1. The molecule has 1 aromatic rings. The number of aliphatic hydroxyl groups is 1. The first-order valence-electron chi connectivity index (χ1n) is 6.82. The van der Waals surface area contributed by atoms with Crippen molar-refractivity contribution in [1.82, 2.24) is 0 Å². The summed E-state index contributed by atoms with van der Waals surface area (Å²) in [6.45, 7) is 5.75. The molecule has 5 nitrogen and oxygen atoms in total. The van der Waals surface area contributed by atoms with Gasteiger partial charge in [0, 0.05) is 12.8 Å². The number of ether oxygens (including phenoxy) is 2. The highest BCUT2D eigenvalue weighted by atomic mass is 16.5. The summed E-state index contributed by atoms with van der Waals surface area (Å²) in [5.74, 6) is 0.479. The van der Waals surface area contributed by atoms with Gasteiger partial charge < -0.3 is 19.5 Å². The van der Waals surface area contributed by atoms with Crippen LogP contribution in [0.15, 0.2) is 36.4 Å². The van der Waals surface area contributed by atoms with Crippen molar-refractivity contribution < 1.29 is 19.4 Å². The molecule has 1 aliphatic heterocycles. The van der Waals surface area contributed by atoms with Crippen LogP contribution in [0.1, 0.15) is 13.3 Å². The molecule has 1 N–H and O–H groups in total. The van der Waals surface area contributed by atoms with Gasteiger partial charge in [0.2, 0.25) is 0 Å². The number of carbonyl (C=O) groups excluding carboxylic acids is 1. The summed E-state index contributed by atoms with van der Waals surface area (Å²) in [6.07, 6.45) is -1.18. The summed E-state index contributed by atoms with van der Waals surface area (Å²) in [5, 5.41) is 10.3. The summed E-state index contributed by atoms with van der Waals surface area (Å²) >= 11 is 0. The Bertz CT molecular complexity index is 526. The van der Waals surface area contributed by atoms with Crippen molar-refractivity contribution >= 4 is 11.6 Å². The summed E-state index contributed by atoms with van der Waals surface area (Å²) < 4.78 is 10.3. The molecule has 0 spiro atoms. The predicted molar refractivity (Wildman–Crippen MR) is 80.5 cm³/mol. The molecule has 1 fully saturated rings. The van der Waals surface area contributed by atoms with Crippen LogP contribution in [0, 0.1) is 0 Å². The Morgan fingerprint density at radius 1 is 1.33 bits per heavy atom. The number of anilines is 1. The second-order valence-electron chi connectivity index (χ2n) is 5.28. The molecule has 0 saturated carbocycles. The maximum Gasteiger partial charge on any atom is 0.259 e. The average molecular weight is 291 g/mol. The van der Waals surface area contributed by atoms with Crippen molar-refractivity contribution in [3.63, 3.8) is 0 Å². The molecule has 2 rings (SSSR count). The summed E-state index contributed by atoms with van der Waals surface area (Å²) in [6, 6.07) is 6.80. The van der Waals surface area contributed by atoms with Crippen LogP contribution in [0.25, 0.3) is 0 Å². The molecule has 0 radical (unpaired) electrons. The van der Waals surface area contributed by atoms with E-state index in [1.165, 1.54) is 7.11 Å². The van der Waals surface area contributed by atoms with Gasteiger partial charge in [-0.25, -0.2) is 0 Å². The second-order valence-corrected chi connectivity index (χ2v) is 5.28. The van der Waals surface area contributed by atoms with Crippen LogP contribution in [0.5, 0.6) is 5.75 Å². The zero-order chi connectivity index (χ0) is 15.6. The lowest BCUT2D eigenvalue weighted by Crippen LogP contribution is -2.37. The van der Waals surface area contributed by atoms with Crippen LogP contribution in [0.3, 0.4) is 0 Å². The van der Waals surface area contributed by atoms with Crippen LogP contribution in [-0.4, -0.2) is 43.5 Å². The number of methoxy groups -OCH3 is 2. The SMILES string of the molecule is C=C(C)C[C@@H]1[C@H](O)[C@@H](OC)C(=O)N1c1ccc(OC)cc1. The molecule has 3 atom stereocenters. The zero-order valence-corrected chi connectivity index (χ0v) is 12.6. The van der Waals surface area contributed by atoms with Crippen molar-refractivity contribution in [3.8, 4) is 5.75 Å². The lowest BCUT2D eigenvalue weighted by atomic mass is 10.0. The lowest BCUT2D eigenvalue weighted by Gasteiger charge is -2.26. The Morgan fingerprint density at radius 2 is 1.95 bits per heavy atom. The number of nitrogens with zero attached hydrogens (tertiary/aromatic N) is 1. The summed E-state index contributed by atoms with van der Waals surface area (Å²) in [7, 11) is 3.02. The number of aliphatic hydroxyl groups excluding tert-OH is 1. The highest BCUT2D eigenvalue weighted by Crippen LogP contribution is 2.32. The maximum atomic E-state index is 12.5. The van der Waals surface area contributed by atoms with Crippen LogP contribution < -0.4 is 9.64 Å². The third-order valence-corrected chi connectivity index (χ3v) is 3.68. The molecular weight excluding hydrogens is 270 g/mol. The van der Waals surface area contributed by atoms with Crippen LogP contribution in [0.2, 0.25) is 0 Å². The van der Waals surface area contributed by atoms with E-state index in [1.807, 2.05) is 6.92 Å². The number of rotatable bonds is 5. The Balaban J connectivity index is 2.35. The van der Waals surface area contributed by atoms with Crippen molar-refractivity contribution in [2.45, 2.75) is 31.6 Å².